The van der Waals surface area contributed by atoms with Crippen LogP contribution in [0.4, 0.5) is 0 Å². The fourth-order valence-corrected chi connectivity index (χ4v) is 2.99. The number of carbonyl (C=O) groups excluding carboxylic acids is 1. The van der Waals surface area contributed by atoms with E-state index in [2.05, 4.69) is 22.2 Å². The van der Waals surface area contributed by atoms with Gasteiger partial charge in [-0.05, 0) is 25.1 Å². The Hall–Kier alpha value is -2.83. The zero-order chi connectivity index (χ0) is 18.4. The van der Waals surface area contributed by atoms with Crippen LogP contribution in [0.15, 0.2) is 47.6 Å². The van der Waals surface area contributed by atoms with Gasteiger partial charge in [-0.3, -0.25) is 4.79 Å². The maximum atomic E-state index is 11.5. The van der Waals surface area contributed by atoms with Crippen molar-refractivity contribution in [2.75, 3.05) is 32.7 Å². The van der Waals surface area contributed by atoms with Gasteiger partial charge < -0.3 is 15.1 Å². The van der Waals surface area contributed by atoms with E-state index in [4.69, 9.17) is 4.99 Å². The van der Waals surface area contributed by atoms with E-state index in [0.29, 0.717) is 6.54 Å². The van der Waals surface area contributed by atoms with Crippen LogP contribution in [0.25, 0.3) is 5.69 Å². The first-order chi connectivity index (χ1) is 12.7. The molecule has 1 aromatic heterocycles. The molecule has 0 radical (unpaired) electrons. The zero-order valence-electron chi connectivity index (χ0n) is 15.4. The SMILES string of the molecule is CCNC(=NCc1ccn(-c2ccccc2)n1)N1CCN(C(C)=O)CC1. The Kier molecular flexibility index (Phi) is 5.88. The summed E-state index contributed by atoms with van der Waals surface area (Å²) in [7, 11) is 0. The molecular formula is C19H26N6O. The molecule has 1 aromatic carbocycles. The van der Waals surface area contributed by atoms with Gasteiger partial charge in [0.25, 0.3) is 0 Å². The number of aliphatic imine (C=N–C) groups is 1. The first kappa shape index (κ1) is 18.0. The molecule has 7 nitrogen and oxygen atoms in total. The van der Waals surface area contributed by atoms with Gasteiger partial charge in [0.05, 0.1) is 17.9 Å². The Morgan fingerprint density at radius 2 is 1.81 bits per heavy atom. The van der Waals surface area contributed by atoms with Gasteiger partial charge in [-0.25, -0.2) is 9.67 Å². The highest BCUT2D eigenvalue weighted by atomic mass is 16.2. The van der Waals surface area contributed by atoms with E-state index in [1.165, 1.54) is 0 Å². The maximum Gasteiger partial charge on any atom is 0.219 e. The molecule has 26 heavy (non-hydrogen) atoms. The molecule has 1 saturated heterocycles. The summed E-state index contributed by atoms with van der Waals surface area (Å²) < 4.78 is 1.86. The summed E-state index contributed by atoms with van der Waals surface area (Å²) in [5.41, 5.74) is 1.96. The molecule has 1 amide bonds. The van der Waals surface area contributed by atoms with E-state index < -0.39 is 0 Å². The molecule has 2 heterocycles. The monoisotopic (exact) mass is 354 g/mol. The molecule has 0 aliphatic carbocycles. The highest BCUT2D eigenvalue weighted by Gasteiger charge is 2.20. The molecule has 0 spiro atoms. The number of para-hydroxylation sites is 1. The van der Waals surface area contributed by atoms with E-state index in [9.17, 15) is 4.79 Å². The highest BCUT2D eigenvalue weighted by Crippen LogP contribution is 2.08. The van der Waals surface area contributed by atoms with Crippen LogP contribution in [0.2, 0.25) is 0 Å². The Labute approximate surface area is 154 Å². The minimum Gasteiger partial charge on any atom is -0.357 e. The summed E-state index contributed by atoms with van der Waals surface area (Å²) in [5.74, 6) is 1.02. The number of piperazine rings is 1. The van der Waals surface area contributed by atoms with Crippen molar-refractivity contribution in [3.05, 3.63) is 48.3 Å². The quantitative estimate of drug-likeness (QED) is 0.668. The van der Waals surface area contributed by atoms with Gasteiger partial charge in [-0.15, -0.1) is 0 Å². The zero-order valence-corrected chi connectivity index (χ0v) is 15.4. The molecule has 1 aliphatic rings. The number of guanidine groups is 1. The summed E-state index contributed by atoms with van der Waals surface area (Å²) in [4.78, 5) is 20.3. The third kappa shape index (κ3) is 4.41. The van der Waals surface area contributed by atoms with Gasteiger partial charge in [0.2, 0.25) is 5.91 Å². The second-order valence-electron chi connectivity index (χ2n) is 6.25. The predicted molar refractivity (Wildman–Crippen MR) is 102 cm³/mol. The largest absolute Gasteiger partial charge is 0.357 e. The molecule has 7 heteroatoms. The molecule has 1 fully saturated rings. The topological polar surface area (TPSA) is 65.8 Å². The lowest BCUT2D eigenvalue weighted by Crippen LogP contribution is -2.53. The predicted octanol–water partition coefficient (Wildman–Crippen LogP) is 1.50. The molecule has 0 saturated carbocycles. The third-order valence-corrected chi connectivity index (χ3v) is 4.42. The van der Waals surface area contributed by atoms with Gasteiger partial charge in [0.15, 0.2) is 5.96 Å². The van der Waals surface area contributed by atoms with Crippen LogP contribution in [-0.2, 0) is 11.3 Å². The van der Waals surface area contributed by atoms with Gasteiger partial charge in [-0.1, -0.05) is 18.2 Å². The smallest absolute Gasteiger partial charge is 0.219 e. The summed E-state index contributed by atoms with van der Waals surface area (Å²) >= 11 is 0. The maximum absolute atomic E-state index is 11.5. The molecule has 0 bridgehead atoms. The molecular weight excluding hydrogens is 328 g/mol. The number of hydrogen-bond donors (Lipinski definition) is 1. The van der Waals surface area contributed by atoms with Crippen LogP contribution >= 0.6 is 0 Å². The van der Waals surface area contributed by atoms with Gasteiger partial charge in [0.1, 0.15) is 0 Å². The standard InChI is InChI=1S/C19H26N6O/c1-3-20-19(24-13-11-23(12-14-24)16(2)26)21-15-17-9-10-25(22-17)18-7-5-4-6-8-18/h4-10H,3,11-15H2,1-2H3,(H,20,21). The summed E-state index contributed by atoms with van der Waals surface area (Å²) in [6, 6.07) is 12.0. The number of nitrogens with zero attached hydrogens (tertiary/aromatic N) is 5. The minimum absolute atomic E-state index is 0.137. The number of amides is 1. The normalized spacial score (nSPS) is 15.2. The second kappa shape index (κ2) is 8.51. The average molecular weight is 354 g/mol. The first-order valence-corrected chi connectivity index (χ1v) is 9.06. The Morgan fingerprint density at radius 1 is 1.12 bits per heavy atom. The third-order valence-electron chi connectivity index (χ3n) is 4.42. The number of hydrogen-bond acceptors (Lipinski definition) is 3. The summed E-state index contributed by atoms with van der Waals surface area (Å²) in [6.07, 6.45) is 1.96. The van der Waals surface area contributed by atoms with Crippen molar-refractivity contribution in [2.45, 2.75) is 20.4 Å². The molecule has 0 atom stereocenters. The van der Waals surface area contributed by atoms with E-state index in [-0.39, 0.29) is 5.91 Å². The molecule has 1 N–H and O–H groups in total. The van der Waals surface area contributed by atoms with E-state index in [1.807, 2.05) is 52.2 Å². The fraction of sp³-hybridized carbons (Fsp3) is 0.421. The Morgan fingerprint density at radius 3 is 2.46 bits per heavy atom. The number of carbonyl (C=O) groups is 1. The summed E-state index contributed by atoms with van der Waals surface area (Å²) in [5, 5.41) is 7.95. The lowest BCUT2D eigenvalue weighted by atomic mass is 10.3. The van der Waals surface area contributed by atoms with E-state index in [0.717, 1.165) is 50.1 Å². The van der Waals surface area contributed by atoms with Crippen LogP contribution in [0.1, 0.15) is 19.5 Å². The van der Waals surface area contributed by atoms with E-state index >= 15 is 0 Å². The van der Waals surface area contributed by atoms with Crippen molar-refractivity contribution in [1.82, 2.24) is 24.9 Å². The molecule has 1 aliphatic heterocycles. The van der Waals surface area contributed by atoms with Crippen molar-refractivity contribution in [3.8, 4) is 5.69 Å². The molecule has 2 aromatic rings. The van der Waals surface area contributed by atoms with Crippen molar-refractivity contribution < 1.29 is 4.79 Å². The van der Waals surface area contributed by atoms with Crippen LogP contribution in [0.3, 0.4) is 0 Å². The van der Waals surface area contributed by atoms with Crippen LogP contribution < -0.4 is 5.32 Å². The van der Waals surface area contributed by atoms with Gasteiger partial charge in [0, 0.05) is 45.8 Å². The van der Waals surface area contributed by atoms with Crippen molar-refractivity contribution >= 4 is 11.9 Å². The Balaban J connectivity index is 1.65. The minimum atomic E-state index is 0.137. The van der Waals surface area contributed by atoms with Gasteiger partial charge in [-0.2, -0.15) is 5.10 Å². The number of nitrogens with one attached hydrogen (secondary N) is 1. The van der Waals surface area contributed by atoms with Crippen LogP contribution in [-0.4, -0.2) is 64.2 Å². The highest BCUT2D eigenvalue weighted by molar-refractivity contribution is 5.80. The number of benzene rings is 1. The van der Waals surface area contributed by atoms with Crippen molar-refractivity contribution in [3.63, 3.8) is 0 Å². The van der Waals surface area contributed by atoms with Crippen molar-refractivity contribution in [1.29, 1.82) is 0 Å². The van der Waals surface area contributed by atoms with Gasteiger partial charge >= 0.3 is 0 Å². The van der Waals surface area contributed by atoms with Crippen LogP contribution in [0.5, 0.6) is 0 Å². The molecule has 0 unspecified atom stereocenters. The second-order valence-corrected chi connectivity index (χ2v) is 6.25. The number of aromatic nitrogens is 2. The number of rotatable bonds is 4. The molecule has 138 valence electrons. The van der Waals surface area contributed by atoms with E-state index in [1.54, 1.807) is 6.92 Å². The summed E-state index contributed by atoms with van der Waals surface area (Å²) in [6.45, 7) is 8.08. The first-order valence-electron chi connectivity index (χ1n) is 9.06. The lowest BCUT2D eigenvalue weighted by Gasteiger charge is -2.36. The van der Waals surface area contributed by atoms with Crippen LogP contribution in [0, 0.1) is 0 Å². The van der Waals surface area contributed by atoms with Crippen molar-refractivity contribution in [2.24, 2.45) is 4.99 Å². The Bertz CT molecular complexity index is 746. The molecule has 3 rings (SSSR count). The lowest BCUT2D eigenvalue weighted by molar-refractivity contribution is -0.130. The average Bonchev–Trinajstić information content (AvgIpc) is 3.15. The fourth-order valence-electron chi connectivity index (χ4n) is 2.99.